The standard InChI is InChI=1S/C25H26N2O2/c1-19(28)17-27-25(29)22-12-14-24(15-13-22)26-18-23(21-10-6-3-7-11-21)16-20-8-4-2-5-9-20/h2-16,19,26,28H,17-18H2,1H3,(H,27,29)/b23-16+/t19-/m0/s1. The summed E-state index contributed by atoms with van der Waals surface area (Å²) in [5.74, 6) is -0.189. The van der Waals surface area contributed by atoms with Gasteiger partial charge in [-0.05, 0) is 54.0 Å². The quantitative estimate of drug-likeness (QED) is 0.501. The summed E-state index contributed by atoms with van der Waals surface area (Å²) in [6.45, 7) is 2.54. The van der Waals surface area contributed by atoms with Crippen molar-refractivity contribution in [1.82, 2.24) is 5.32 Å². The summed E-state index contributed by atoms with van der Waals surface area (Å²) in [6, 6.07) is 27.9. The number of benzene rings is 3. The van der Waals surface area contributed by atoms with Crippen molar-refractivity contribution in [3.8, 4) is 0 Å². The summed E-state index contributed by atoms with van der Waals surface area (Å²) >= 11 is 0. The van der Waals surface area contributed by atoms with Gasteiger partial charge >= 0.3 is 0 Å². The highest BCUT2D eigenvalue weighted by Gasteiger charge is 2.07. The van der Waals surface area contributed by atoms with Crippen LogP contribution >= 0.6 is 0 Å². The molecule has 0 radical (unpaired) electrons. The SMILES string of the molecule is C[C@H](O)CNC(=O)c1ccc(NC/C(=C\c2ccccc2)c2ccccc2)cc1. The molecule has 0 aromatic heterocycles. The van der Waals surface area contributed by atoms with Gasteiger partial charge in [-0.25, -0.2) is 0 Å². The van der Waals surface area contributed by atoms with Gasteiger partial charge < -0.3 is 15.7 Å². The van der Waals surface area contributed by atoms with Gasteiger partial charge in [-0.3, -0.25) is 4.79 Å². The Labute approximate surface area is 171 Å². The second kappa shape index (κ2) is 10.2. The molecule has 0 unspecified atom stereocenters. The number of hydrogen-bond donors (Lipinski definition) is 3. The van der Waals surface area contributed by atoms with E-state index in [1.165, 1.54) is 5.57 Å². The fraction of sp³-hybridized carbons (Fsp3) is 0.160. The maximum atomic E-state index is 12.1. The number of rotatable bonds is 8. The smallest absolute Gasteiger partial charge is 0.251 e. The van der Waals surface area contributed by atoms with Crippen LogP contribution in [0.25, 0.3) is 11.6 Å². The third kappa shape index (κ3) is 6.33. The van der Waals surface area contributed by atoms with Gasteiger partial charge in [0.15, 0.2) is 0 Å². The Morgan fingerprint density at radius 2 is 1.52 bits per heavy atom. The average Bonchev–Trinajstić information content (AvgIpc) is 2.76. The number of aliphatic hydroxyl groups is 1. The molecule has 3 aromatic rings. The largest absolute Gasteiger partial charge is 0.392 e. The molecule has 0 aliphatic rings. The lowest BCUT2D eigenvalue weighted by Gasteiger charge is -2.12. The van der Waals surface area contributed by atoms with Crippen molar-refractivity contribution in [1.29, 1.82) is 0 Å². The van der Waals surface area contributed by atoms with Gasteiger partial charge in [-0.15, -0.1) is 0 Å². The molecule has 0 saturated carbocycles. The van der Waals surface area contributed by atoms with Crippen LogP contribution in [-0.4, -0.2) is 30.2 Å². The molecule has 0 heterocycles. The summed E-state index contributed by atoms with van der Waals surface area (Å²) in [6.07, 6.45) is 1.62. The van der Waals surface area contributed by atoms with Crippen molar-refractivity contribution < 1.29 is 9.90 Å². The van der Waals surface area contributed by atoms with E-state index in [2.05, 4.69) is 41.0 Å². The summed E-state index contributed by atoms with van der Waals surface area (Å²) in [5.41, 5.74) is 5.00. The maximum absolute atomic E-state index is 12.1. The van der Waals surface area contributed by atoms with Crippen LogP contribution in [0.4, 0.5) is 5.69 Å². The summed E-state index contributed by atoms with van der Waals surface area (Å²) in [7, 11) is 0. The van der Waals surface area contributed by atoms with E-state index in [1.54, 1.807) is 19.1 Å². The fourth-order valence-corrected chi connectivity index (χ4v) is 2.92. The zero-order valence-electron chi connectivity index (χ0n) is 16.5. The molecule has 29 heavy (non-hydrogen) atoms. The topological polar surface area (TPSA) is 61.4 Å². The van der Waals surface area contributed by atoms with Crippen LogP contribution in [0.15, 0.2) is 84.9 Å². The summed E-state index contributed by atoms with van der Waals surface area (Å²) < 4.78 is 0. The normalized spacial score (nSPS) is 12.3. The third-order valence-corrected chi connectivity index (χ3v) is 4.47. The van der Waals surface area contributed by atoms with Crippen LogP contribution in [0, 0.1) is 0 Å². The van der Waals surface area contributed by atoms with E-state index in [9.17, 15) is 9.90 Å². The molecule has 0 aliphatic carbocycles. The molecule has 1 amide bonds. The van der Waals surface area contributed by atoms with Gasteiger partial charge in [0, 0.05) is 24.3 Å². The Morgan fingerprint density at radius 1 is 0.897 bits per heavy atom. The molecule has 3 aromatic carbocycles. The van der Waals surface area contributed by atoms with Crippen molar-refractivity contribution in [3.05, 3.63) is 102 Å². The van der Waals surface area contributed by atoms with E-state index >= 15 is 0 Å². The number of hydrogen-bond acceptors (Lipinski definition) is 3. The van der Waals surface area contributed by atoms with Crippen molar-refractivity contribution in [3.63, 3.8) is 0 Å². The Bertz CT molecular complexity index is 934. The average molecular weight is 386 g/mol. The molecule has 0 saturated heterocycles. The van der Waals surface area contributed by atoms with E-state index in [-0.39, 0.29) is 12.5 Å². The molecule has 0 bridgehead atoms. The molecule has 0 fully saturated rings. The Kier molecular flexibility index (Phi) is 7.20. The van der Waals surface area contributed by atoms with Gasteiger partial charge in [0.05, 0.1) is 6.10 Å². The predicted molar refractivity (Wildman–Crippen MR) is 120 cm³/mol. The highest BCUT2D eigenvalue weighted by Crippen LogP contribution is 2.20. The molecule has 3 rings (SSSR count). The molecule has 4 heteroatoms. The minimum Gasteiger partial charge on any atom is -0.392 e. The first-order chi connectivity index (χ1) is 14.1. The predicted octanol–water partition coefficient (Wildman–Crippen LogP) is 4.45. The van der Waals surface area contributed by atoms with Gasteiger partial charge in [-0.1, -0.05) is 60.7 Å². The first kappa shape index (κ1) is 20.4. The van der Waals surface area contributed by atoms with Crippen LogP contribution in [0.3, 0.4) is 0 Å². The fourth-order valence-electron chi connectivity index (χ4n) is 2.92. The van der Waals surface area contributed by atoms with Crippen LogP contribution in [0.2, 0.25) is 0 Å². The number of nitrogens with one attached hydrogen (secondary N) is 2. The van der Waals surface area contributed by atoms with Crippen molar-refractivity contribution >= 4 is 23.2 Å². The second-order valence-electron chi connectivity index (χ2n) is 6.94. The van der Waals surface area contributed by atoms with Gasteiger partial charge in [0.2, 0.25) is 0 Å². The number of aliphatic hydroxyl groups excluding tert-OH is 1. The number of amides is 1. The minimum absolute atomic E-state index is 0.189. The molecule has 0 aliphatic heterocycles. The lowest BCUT2D eigenvalue weighted by molar-refractivity contribution is 0.0924. The molecule has 1 atom stereocenters. The monoisotopic (exact) mass is 386 g/mol. The zero-order valence-corrected chi connectivity index (χ0v) is 16.5. The van der Waals surface area contributed by atoms with E-state index in [0.29, 0.717) is 12.1 Å². The minimum atomic E-state index is -0.562. The molecular weight excluding hydrogens is 360 g/mol. The molecule has 4 nitrogen and oxygen atoms in total. The van der Waals surface area contributed by atoms with Crippen LogP contribution in [0.1, 0.15) is 28.4 Å². The highest BCUT2D eigenvalue weighted by atomic mass is 16.3. The Balaban J connectivity index is 1.70. The van der Waals surface area contributed by atoms with Crippen LogP contribution < -0.4 is 10.6 Å². The van der Waals surface area contributed by atoms with E-state index < -0.39 is 6.10 Å². The van der Waals surface area contributed by atoms with E-state index in [4.69, 9.17) is 0 Å². The number of carbonyl (C=O) groups excluding carboxylic acids is 1. The maximum Gasteiger partial charge on any atom is 0.251 e. The van der Waals surface area contributed by atoms with Crippen molar-refractivity contribution in [2.45, 2.75) is 13.0 Å². The summed E-state index contributed by atoms with van der Waals surface area (Å²) in [5, 5.41) is 15.4. The van der Waals surface area contributed by atoms with Crippen molar-refractivity contribution in [2.24, 2.45) is 0 Å². The Morgan fingerprint density at radius 3 is 2.14 bits per heavy atom. The Hall–Kier alpha value is -3.37. The highest BCUT2D eigenvalue weighted by molar-refractivity contribution is 5.94. The lowest BCUT2D eigenvalue weighted by Crippen LogP contribution is -2.30. The summed E-state index contributed by atoms with van der Waals surface area (Å²) in [4.78, 5) is 12.1. The lowest BCUT2D eigenvalue weighted by atomic mass is 10.0. The zero-order chi connectivity index (χ0) is 20.5. The first-order valence-electron chi connectivity index (χ1n) is 9.73. The number of anilines is 1. The first-order valence-corrected chi connectivity index (χ1v) is 9.73. The number of carbonyl (C=O) groups is 1. The van der Waals surface area contributed by atoms with Crippen molar-refractivity contribution in [2.75, 3.05) is 18.4 Å². The molecule has 3 N–H and O–H groups in total. The van der Waals surface area contributed by atoms with Crippen LogP contribution in [-0.2, 0) is 0 Å². The second-order valence-corrected chi connectivity index (χ2v) is 6.94. The van der Waals surface area contributed by atoms with Gasteiger partial charge in [0.1, 0.15) is 0 Å². The van der Waals surface area contributed by atoms with E-state index in [0.717, 1.165) is 16.8 Å². The van der Waals surface area contributed by atoms with E-state index in [1.807, 2.05) is 48.5 Å². The molecular formula is C25H26N2O2. The van der Waals surface area contributed by atoms with Gasteiger partial charge in [-0.2, -0.15) is 0 Å². The third-order valence-electron chi connectivity index (χ3n) is 4.47. The molecule has 148 valence electrons. The van der Waals surface area contributed by atoms with Crippen LogP contribution in [0.5, 0.6) is 0 Å². The molecule has 0 spiro atoms. The van der Waals surface area contributed by atoms with Gasteiger partial charge in [0.25, 0.3) is 5.91 Å².